The highest BCUT2D eigenvalue weighted by atomic mass is 19.3. The van der Waals surface area contributed by atoms with Crippen molar-refractivity contribution in [3.8, 4) is 5.75 Å². The summed E-state index contributed by atoms with van der Waals surface area (Å²) in [4.78, 5) is 73.1. The molecule has 4 heterocycles. The molecule has 16 nitrogen and oxygen atoms in total. The van der Waals surface area contributed by atoms with Gasteiger partial charge >= 0.3 is 6.03 Å². The summed E-state index contributed by atoms with van der Waals surface area (Å²) in [5, 5.41) is 16.0. The minimum Gasteiger partial charge on any atom is -0.507 e. The third kappa shape index (κ3) is 9.37. The summed E-state index contributed by atoms with van der Waals surface area (Å²) in [6, 6.07) is 10.0. The Morgan fingerprint density at radius 1 is 1.03 bits per heavy atom. The van der Waals surface area contributed by atoms with Gasteiger partial charge in [0.15, 0.2) is 6.29 Å². The number of nitrogens with one attached hydrogen (secondary N) is 2. The lowest BCUT2D eigenvalue weighted by Crippen LogP contribution is -2.63. The van der Waals surface area contributed by atoms with Crippen molar-refractivity contribution >= 4 is 41.8 Å². The number of urea groups is 1. The van der Waals surface area contributed by atoms with E-state index in [1.165, 1.54) is 37.2 Å². The number of anilines is 1. The van der Waals surface area contributed by atoms with Gasteiger partial charge in [-0.05, 0) is 49.2 Å². The first-order valence-electron chi connectivity index (χ1n) is 19.9. The predicted molar refractivity (Wildman–Crippen MR) is 217 cm³/mol. The number of rotatable bonds is 12. The van der Waals surface area contributed by atoms with Gasteiger partial charge in [-0.25, -0.2) is 13.6 Å². The number of likely N-dealkylation sites (N-methyl/N-ethyl adjacent to an activating group) is 2. The summed E-state index contributed by atoms with van der Waals surface area (Å²) >= 11 is 0. The van der Waals surface area contributed by atoms with Crippen LogP contribution in [-0.2, 0) is 9.59 Å². The SMILES string of the molecule is CNC(=O)C(CCC=O)N(C)C(=O)c1cc(N2CCC(CN3CCN(C(=O)N4CCN5C(/C=C(\N)c6ccccc6O)=C(N)NCC5C4)CC3)C(F)(F)C2)ccc1C=O. The predicted octanol–water partition coefficient (Wildman–Crippen LogP) is 1.29. The normalized spacial score (nSPS) is 21.6. The first-order valence-corrected chi connectivity index (χ1v) is 19.9. The number of carbonyl (C=O) groups excluding carboxylic acids is 5. The molecule has 3 saturated heterocycles. The Hall–Kier alpha value is -5.91. The Morgan fingerprint density at radius 3 is 2.44 bits per heavy atom. The quantitative estimate of drug-likeness (QED) is 0.193. The van der Waals surface area contributed by atoms with E-state index in [4.69, 9.17) is 11.5 Å². The van der Waals surface area contributed by atoms with Crippen molar-refractivity contribution in [3.63, 3.8) is 0 Å². The van der Waals surface area contributed by atoms with Gasteiger partial charge in [0.25, 0.3) is 11.8 Å². The summed E-state index contributed by atoms with van der Waals surface area (Å²) in [6.07, 6.45) is 3.21. The maximum atomic E-state index is 15.9. The molecular weight excluding hydrogens is 767 g/mol. The van der Waals surface area contributed by atoms with Gasteiger partial charge < -0.3 is 56.5 Å². The van der Waals surface area contributed by atoms with Gasteiger partial charge in [-0.1, -0.05) is 12.1 Å². The zero-order valence-electron chi connectivity index (χ0n) is 33.5. The van der Waals surface area contributed by atoms with Gasteiger partial charge in [0, 0.05) is 114 Å². The van der Waals surface area contributed by atoms with E-state index < -0.39 is 36.2 Å². The highest BCUT2D eigenvalue weighted by Crippen LogP contribution is 2.37. The van der Waals surface area contributed by atoms with Crippen LogP contribution in [0.1, 0.15) is 45.5 Å². The number of hydrogen-bond acceptors (Lipinski definition) is 12. The van der Waals surface area contributed by atoms with Crippen molar-refractivity contribution in [1.29, 1.82) is 0 Å². The second kappa shape index (κ2) is 18.3. The molecule has 3 unspecified atom stereocenters. The molecular formula is C41H54F2N10O6. The molecule has 0 aliphatic carbocycles. The van der Waals surface area contributed by atoms with Crippen LogP contribution in [0.15, 0.2) is 60.1 Å². The molecule has 0 bridgehead atoms. The molecule has 0 spiro atoms. The monoisotopic (exact) mass is 820 g/mol. The van der Waals surface area contributed by atoms with Crippen molar-refractivity contribution < 1.29 is 37.9 Å². The minimum absolute atomic E-state index is 0.0236. The average Bonchev–Trinajstić information content (AvgIpc) is 3.24. The lowest BCUT2D eigenvalue weighted by atomic mass is 9.91. The topological polar surface area (TPSA) is 201 Å². The molecule has 59 heavy (non-hydrogen) atoms. The fraction of sp³-hybridized carbons (Fsp3) is 0.488. The van der Waals surface area contributed by atoms with E-state index in [1.807, 2.05) is 9.80 Å². The number of alkyl halides is 2. The number of para-hydroxylation sites is 1. The van der Waals surface area contributed by atoms with Crippen molar-refractivity contribution in [1.82, 2.24) is 35.1 Å². The molecule has 2 aromatic carbocycles. The van der Waals surface area contributed by atoms with Crippen LogP contribution < -0.4 is 27.0 Å². The van der Waals surface area contributed by atoms with E-state index in [-0.39, 0.29) is 54.8 Å². The minimum atomic E-state index is -3.07. The lowest BCUT2D eigenvalue weighted by molar-refractivity contribution is -0.125. The Morgan fingerprint density at radius 2 is 1.76 bits per heavy atom. The average molecular weight is 821 g/mol. The molecule has 3 fully saturated rings. The molecule has 0 radical (unpaired) electrons. The van der Waals surface area contributed by atoms with E-state index in [0.717, 1.165) is 4.90 Å². The fourth-order valence-electron chi connectivity index (χ4n) is 8.42. The number of nitrogens with zero attached hydrogens (tertiary/aromatic N) is 6. The number of aldehydes is 2. The van der Waals surface area contributed by atoms with Crippen molar-refractivity contribution in [2.45, 2.75) is 37.3 Å². The van der Waals surface area contributed by atoms with Crippen LogP contribution in [0, 0.1) is 5.92 Å². The lowest BCUT2D eigenvalue weighted by Gasteiger charge is -2.48. The third-order valence-electron chi connectivity index (χ3n) is 11.9. The van der Waals surface area contributed by atoms with Gasteiger partial charge in [-0.15, -0.1) is 0 Å². The van der Waals surface area contributed by atoms with Crippen LogP contribution in [-0.4, -0.2) is 164 Å². The number of aromatic hydroxyl groups is 1. The standard InChI is InChI=1S/C41H54F2N10O6/c1-46-38(57)34(7-5-19-54)48(2)39(58)32-20-29(10-9-27(32)25-55)52-12-11-28(41(42,43)26-52)23-49-13-15-50(16-14-49)40(59)51-17-18-53-30(24-51)22-47-37(45)35(53)21-33(44)31-6-3-4-8-36(31)56/h3-4,6,8-10,19-21,25,28,30,34,47,56H,5,7,11-18,22-24,26,44-45H2,1-2H3,(H,46,57)/b33-21-. The highest BCUT2D eigenvalue weighted by Gasteiger charge is 2.46. The summed E-state index contributed by atoms with van der Waals surface area (Å²) in [5.41, 5.74) is 14.6. The van der Waals surface area contributed by atoms with Crippen LogP contribution in [0.2, 0.25) is 0 Å². The number of fused-ring (bicyclic) bond motifs is 1. The van der Waals surface area contributed by atoms with Gasteiger partial charge in [0.1, 0.15) is 23.9 Å². The number of benzene rings is 2. The largest absolute Gasteiger partial charge is 0.507 e. The third-order valence-corrected chi connectivity index (χ3v) is 11.9. The van der Waals surface area contributed by atoms with Gasteiger partial charge in [-0.3, -0.25) is 19.3 Å². The number of nitrogens with two attached hydrogens (primary N) is 2. The number of halogens is 2. The zero-order valence-corrected chi connectivity index (χ0v) is 33.5. The summed E-state index contributed by atoms with van der Waals surface area (Å²) in [7, 11) is 2.82. The molecule has 0 saturated carbocycles. The molecule has 4 amide bonds. The second-order valence-electron chi connectivity index (χ2n) is 15.5. The van der Waals surface area contributed by atoms with Gasteiger partial charge in [-0.2, -0.15) is 0 Å². The van der Waals surface area contributed by atoms with E-state index in [1.54, 1.807) is 35.2 Å². The van der Waals surface area contributed by atoms with Crippen LogP contribution in [0.3, 0.4) is 0 Å². The van der Waals surface area contributed by atoms with Crippen LogP contribution in [0.25, 0.3) is 5.70 Å². The Labute approximate surface area is 342 Å². The summed E-state index contributed by atoms with van der Waals surface area (Å²) in [5.74, 6) is -4.58. The Bertz CT molecular complexity index is 1970. The molecule has 7 N–H and O–H groups in total. The maximum absolute atomic E-state index is 15.9. The van der Waals surface area contributed by atoms with Crippen molar-refractivity contribution in [3.05, 3.63) is 76.7 Å². The summed E-state index contributed by atoms with van der Waals surface area (Å²) < 4.78 is 31.7. The Kier molecular flexibility index (Phi) is 13.3. The van der Waals surface area contributed by atoms with E-state index in [0.29, 0.717) is 99.9 Å². The van der Waals surface area contributed by atoms with E-state index in [2.05, 4.69) is 15.5 Å². The highest BCUT2D eigenvalue weighted by molar-refractivity contribution is 6.04. The number of carbonyl (C=O) groups is 5. The van der Waals surface area contributed by atoms with E-state index in [9.17, 15) is 29.1 Å². The molecule has 0 aromatic heterocycles. The molecule has 6 rings (SSSR count). The smallest absolute Gasteiger partial charge is 0.320 e. The summed E-state index contributed by atoms with van der Waals surface area (Å²) in [6.45, 7) is 3.62. The Balaban J connectivity index is 1.02. The maximum Gasteiger partial charge on any atom is 0.320 e. The van der Waals surface area contributed by atoms with Crippen LogP contribution >= 0.6 is 0 Å². The molecule has 4 aliphatic rings. The number of piperidine rings is 1. The number of allylic oxidation sites excluding steroid dienone is 1. The van der Waals surface area contributed by atoms with Crippen molar-refractivity contribution in [2.75, 3.05) is 91.0 Å². The molecule has 318 valence electrons. The number of piperazine rings is 2. The van der Waals surface area contributed by atoms with Gasteiger partial charge in [0.2, 0.25) is 5.91 Å². The van der Waals surface area contributed by atoms with E-state index >= 15 is 8.78 Å². The van der Waals surface area contributed by atoms with Crippen LogP contribution in [0.5, 0.6) is 5.75 Å². The number of phenolic OH excluding ortho intramolecular Hbond substituents is 1. The number of amides is 4. The molecule has 2 aromatic rings. The molecule has 4 aliphatic heterocycles. The first kappa shape index (κ1) is 42.7. The number of hydrogen-bond donors (Lipinski definition) is 5. The second-order valence-corrected chi connectivity index (χ2v) is 15.5. The first-order chi connectivity index (χ1) is 28.3. The van der Waals surface area contributed by atoms with Crippen molar-refractivity contribution in [2.24, 2.45) is 17.4 Å². The fourth-order valence-corrected chi connectivity index (χ4v) is 8.42. The number of phenols is 1. The van der Waals surface area contributed by atoms with Crippen LogP contribution in [0.4, 0.5) is 19.3 Å². The molecule has 3 atom stereocenters. The van der Waals surface area contributed by atoms with Gasteiger partial charge in [0.05, 0.1) is 23.8 Å². The molecule has 18 heteroatoms. The zero-order chi connectivity index (χ0) is 42.4.